The number of hydrogen-bond donors (Lipinski definition) is 1. The molecule has 104 valence electrons. The minimum absolute atomic E-state index is 0.0154. The zero-order valence-corrected chi connectivity index (χ0v) is 11.6. The van der Waals surface area contributed by atoms with Crippen molar-refractivity contribution in [1.82, 2.24) is 9.88 Å². The molecule has 0 radical (unpaired) electrons. The van der Waals surface area contributed by atoms with Crippen molar-refractivity contribution in [2.24, 2.45) is 0 Å². The van der Waals surface area contributed by atoms with Gasteiger partial charge in [-0.15, -0.1) is 0 Å². The van der Waals surface area contributed by atoms with Crippen molar-refractivity contribution >= 4 is 11.7 Å². The van der Waals surface area contributed by atoms with Crippen LogP contribution in [0.2, 0.25) is 0 Å². The molecule has 0 bridgehead atoms. The number of pyridine rings is 1. The summed E-state index contributed by atoms with van der Waals surface area (Å²) in [5, 5.41) is 0. The lowest BCUT2D eigenvalue weighted by Crippen LogP contribution is -2.44. The lowest BCUT2D eigenvalue weighted by Gasteiger charge is -2.31. The van der Waals surface area contributed by atoms with E-state index in [0.29, 0.717) is 31.1 Å². The summed E-state index contributed by atoms with van der Waals surface area (Å²) in [5.74, 6) is 0.428. The molecule has 1 fully saturated rings. The quantitative estimate of drug-likeness (QED) is 0.896. The van der Waals surface area contributed by atoms with Crippen LogP contribution in [-0.4, -0.2) is 41.6 Å². The minimum Gasteiger partial charge on any atom is -0.384 e. The maximum Gasteiger partial charge on any atom is 0.254 e. The Morgan fingerprint density at radius 2 is 2.37 bits per heavy atom. The monoisotopic (exact) mass is 263 g/mol. The van der Waals surface area contributed by atoms with E-state index < -0.39 is 0 Å². The summed E-state index contributed by atoms with van der Waals surface area (Å²) in [5.41, 5.74) is 7.29. The Balaban J connectivity index is 2.18. The standard InChI is InChI=1S/C14H21N3O2/c1-3-4-12-7-11(8-13(15)16-12)14(18)17-5-6-19-10(2)9-17/h7-8,10H,3-6,9H2,1-2H3,(H2,15,16). The molecule has 0 aromatic carbocycles. The van der Waals surface area contributed by atoms with Crippen LogP contribution in [0.5, 0.6) is 0 Å². The fraction of sp³-hybridized carbons (Fsp3) is 0.571. The third-order valence-electron chi connectivity index (χ3n) is 3.18. The molecule has 5 nitrogen and oxygen atoms in total. The molecule has 2 heterocycles. The van der Waals surface area contributed by atoms with E-state index in [-0.39, 0.29) is 12.0 Å². The first-order valence-corrected chi connectivity index (χ1v) is 6.77. The fourth-order valence-corrected chi connectivity index (χ4v) is 2.30. The average Bonchev–Trinajstić information content (AvgIpc) is 2.37. The second-order valence-corrected chi connectivity index (χ2v) is 4.95. The Labute approximate surface area is 113 Å². The largest absolute Gasteiger partial charge is 0.384 e. The van der Waals surface area contributed by atoms with Gasteiger partial charge < -0.3 is 15.4 Å². The summed E-state index contributed by atoms with van der Waals surface area (Å²) >= 11 is 0. The van der Waals surface area contributed by atoms with Crippen molar-refractivity contribution in [3.8, 4) is 0 Å². The van der Waals surface area contributed by atoms with Gasteiger partial charge in [0, 0.05) is 24.3 Å². The summed E-state index contributed by atoms with van der Waals surface area (Å²) < 4.78 is 5.45. The SMILES string of the molecule is CCCc1cc(C(=O)N2CCOC(C)C2)cc(N)n1. The third-order valence-corrected chi connectivity index (χ3v) is 3.18. The van der Waals surface area contributed by atoms with Gasteiger partial charge in [0.25, 0.3) is 5.91 Å². The molecule has 1 aliphatic heterocycles. The average molecular weight is 263 g/mol. The van der Waals surface area contributed by atoms with Crippen molar-refractivity contribution in [1.29, 1.82) is 0 Å². The Kier molecular flexibility index (Phi) is 4.37. The molecule has 1 aromatic heterocycles. The van der Waals surface area contributed by atoms with Crippen molar-refractivity contribution in [2.45, 2.75) is 32.8 Å². The van der Waals surface area contributed by atoms with Crippen LogP contribution < -0.4 is 5.73 Å². The number of aromatic nitrogens is 1. The minimum atomic E-state index is 0.0154. The van der Waals surface area contributed by atoms with Crippen molar-refractivity contribution in [3.63, 3.8) is 0 Å². The van der Waals surface area contributed by atoms with E-state index in [0.717, 1.165) is 18.5 Å². The van der Waals surface area contributed by atoms with Crippen molar-refractivity contribution in [3.05, 3.63) is 23.4 Å². The normalized spacial score (nSPS) is 19.5. The number of nitrogens with two attached hydrogens (primary N) is 1. The predicted molar refractivity (Wildman–Crippen MR) is 74.0 cm³/mol. The molecule has 0 saturated carbocycles. The van der Waals surface area contributed by atoms with Crippen LogP contribution in [0.3, 0.4) is 0 Å². The number of nitrogens with zero attached hydrogens (tertiary/aromatic N) is 2. The van der Waals surface area contributed by atoms with E-state index in [2.05, 4.69) is 11.9 Å². The maximum atomic E-state index is 12.4. The zero-order chi connectivity index (χ0) is 13.8. The van der Waals surface area contributed by atoms with Gasteiger partial charge >= 0.3 is 0 Å². The van der Waals surface area contributed by atoms with Crippen LogP contribution in [-0.2, 0) is 11.2 Å². The smallest absolute Gasteiger partial charge is 0.254 e. The number of aryl methyl sites for hydroxylation is 1. The molecule has 19 heavy (non-hydrogen) atoms. The lowest BCUT2D eigenvalue weighted by atomic mass is 10.1. The highest BCUT2D eigenvalue weighted by atomic mass is 16.5. The molecule has 1 atom stereocenters. The molecule has 1 unspecified atom stereocenters. The third kappa shape index (κ3) is 3.44. The van der Waals surface area contributed by atoms with E-state index in [1.807, 2.05) is 17.9 Å². The van der Waals surface area contributed by atoms with E-state index in [9.17, 15) is 4.79 Å². The van der Waals surface area contributed by atoms with E-state index in [1.54, 1.807) is 6.07 Å². The maximum absolute atomic E-state index is 12.4. The lowest BCUT2D eigenvalue weighted by molar-refractivity contribution is -0.0124. The van der Waals surface area contributed by atoms with Gasteiger partial charge in [0.15, 0.2) is 0 Å². The Morgan fingerprint density at radius 3 is 3.05 bits per heavy atom. The first kappa shape index (κ1) is 13.8. The van der Waals surface area contributed by atoms with E-state index in [4.69, 9.17) is 10.5 Å². The fourth-order valence-electron chi connectivity index (χ4n) is 2.30. The van der Waals surface area contributed by atoms with E-state index >= 15 is 0 Å². The Hall–Kier alpha value is -1.62. The number of amides is 1. The molecule has 1 amide bonds. The number of anilines is 1. The molecular formula is C14H21N3O2. The second-order valence-electron chi connectivity index (χ2n) is 4.95. The van der Waals surface area contributed by atoms with Gasteiger partial charge in [-0.3, -0.25) is 4.79 Å². The van der Waals surface area contributed by atoms with Crippen LogP contribution in [0.1, 0.15) is 36.3 Å². The number of morpholine rings is 1. The molecule has 1 aromatic rings. The first-order chi connectivity index (χ1) is 9.10. The van der Waals surface area contributed by atoms with Crippen molar-refractivity contribution < 1.29 is 9.53 Å². The number of rotatable bonds is 3. The topological polar surface area (TPSA) is 68.5 Å². The van der Waals surface area contributed by atoms with Crippen molar-refractivity contribution in [2.75, 3.05) is 25.4 Å². The van der Waals surface area contributed by atoms with Gasteiger partial charge in [-0.05, 0) is 25.5 Å². The van der Waals surface area contributed by atoms with Gasteiger partial charge in [0.1, 0.15) is 5.82 Å². The highest BCUT2D eigenvalue weighted by Crippen LogP contribution is 2.14. The van der Waals surface area contributed by atoms with E-state index in [1.165, 1.54) is 0 Å². The molecule has 5 heteroatoms. The van der Waals surface area contributed by atoms with Gasteiger partial charge in [0.2, 0.25) is 0 Å². The number of carbonyl (C=O) groups is 1. The Morgan fingerprint density at radius 1 is 1.58 bits per heavy atom. The second kappa shape index (κ2) is 6.02. The number of ether oxygens (including phenoxy) is 1. The van der Waals surface area contributed by atoms with Gasteiger partial charge in [-0.25, -0.2) is 4.98 Å². The summed E-state index contributed by atoms with van der Waals surface area (Å²) in [7, 11) is 0. The molecular weight excluding hydrogens is 242 g/mol. The highest BCUT2D eigenvalue weighted by Gasteiger charge is 2.23. The molecule has 1 aliphatic rings. The number of hydrogen-bond acceptors (Lipinski definition) is 4. The molecule has 1 saturated heterocycles. The summed E-state index contributed by atoms with van der Waals surface area (Å²) in [6, 6.07) is 3.50. The molecule has 0 aliphatic carbocycles. The number of nitrogen functional groups attached to an aromatic ring is 1. The molecule has 2 N–H and O–H groups in total. The van der Waals surface area contributed by atoms with Gasteiger partial charge in [0.05, 0.1) is 12.7 Å². The first-order valence-electron chi connectivity index (χ1n) is 6.77. The van der Waals surface area contributed by atoms with Gasteiger partial charge in [-0.1, -0.05) is 13.3 Å². The zero-order valence-electron chi connectivity index (χ0n) is 11.6. The summed E-state index contributed by atoms with van der Waals surface area (Å²) in [6.07, 6.45) is 1.91. The number of carbonyl (C=O) groups excluding carboxylic acids is 1. The summed E-state index contributed by atoms with van der Waals surface area (Å²) in [6.45, 7) is 5.91. The predicted octanol–water partition coefficient (Wildman–Crippen LogP) is 1.48. The molecule has 0 spiro atoms. The van der Waals surface area contributed by atoms with Crippen LogP contribution in [0.25, 0.3) is 0 Å². The molecule has 2 rings (SSSR count). The van der Waals surface area contributed by atoms with Crippen LogP contribution in [0.4, 0.5) is 5.82 Å². The summed E-state index contributed by atoms with van der Waals surface area (Å²) in [4.78, 5) is 18.5. The van der Waals surface area contributed by atoms with Crippen LogP contribution in [0.15, 0.2) is 12.1 Å². The van der Waals surface area contributed by atoms with Crippen LogP contribution >= 0.6 is 0 Å². The van der Waals surface area contributed by atoms with Crippen LogP contribution in [0, 0.1) is 0 Å². The highest BCUT2D eigenvalue weighted by molar-refractivity contribution is 5.95. The van der Waals surface area contributed by atoms with Gasteiger partial charge in [-0.2, -0.15) is 0 Å². The Bertz CT molecular complexity index is 462.